The molecule has 13 nitrogen and oxygen atoms in total. The minimum absolute atomic E-state index is 0.0116. The second-order valence-electron chi connectivity index (χ2n) is 16.4. The van der Waals surface area contributed by atoms with Crippen molar-refractivity contribution in [2.45, 2.75) is 28.6 Å². The molecule has 0 aliphatic carbocycles. The highest BCUT2D eigenvalue weighted by Gasteiger charge is 2.69. The lowest BCUT2D eigenvalue weighted by atomic mass is 9.84. The van der Waals surface area contributed by atoms with Crippen molar-refractivity contribution in [1.82, 2.24) is 25.1 Å². The van der Waals surface area contributed by atoms with Gasteiger partial charge in [-0.15, -0.1) is 29.5 Å². The summed E-state index contributed by atoms with van der Waals surface area (Å²) in [4.78, 5) is 58.3. The third-order valence-electron chi connectivity index (χ3n) is 12.2. The fourth-order valence-corrected chi connectivity index (χ4v) is 16.4. The molecule has 7 aromatic carbocycles. The van der Waals surface area contributed by atoms with E-state index in [1.165, 1.54) is 52.5 Å². The zero-order valence-electron chi connectivity index (χ0n) is 37.8. The standard InChI is InChI=1S/C54H45N6O7PS2/c1-38(61)67-48(49-55-56-57-58(49)2)47-50(62)59(54(47,69)70-53(40-21-9-3-10-22-40,41-23-11-4-12-24-41)42-25-13-5-14-26-42)51(52(63)66-37-39-33-35-43(36-34-39)60(64)65)68(44-27-15-6-16-28-44,45-29-17-7-18-30-45)46-31-19-8-20-32-46/h3-36,47-48,69H,37H2,1-2H3. The van der Waals surface area contributed by atoms with Crippen molar-refractivity contribution < 1.29 is 28.8 Å². The number of non-ortho nitro benzene ring substituents is 1. The van der Waals surface area contributed by atoms with Gasteiger partial charge in [0.2, 0.25) is 5.91 Å². The van der Waals surface area contributed by atoms with Gasteiger partial charge < -0.3 is 9.47 Å². The largest absolute Gasteiger partial charge is 0.456 e. The Morgan fingerprint density at radius 1 is 0.729 bits per heavy atom. The molecule has 0 N–H and O–H groups in total. The molecule has 2 heterocycles. The number of rotatable bonds is 16. The second-order valence-corrected chi connectivity index (χ2v) is 22.1. The number of β-lactam (4-membered cyclic amide) rings is 1. The molecule has 0 spiro atoms. The number of nitrogens with zero attached hydrogens (tertiary/aromatic N) is 6. The molecule has 8 aromatic rings. The van der Waals surface area contributed by atoms with E-state index >= 15 is 9.59 Å². The van der Waals surface area contributed by atoms with Crippen LogP contribution >= 0.6 is 31.3 Å². The van der Waals surface area contributed by atoms with E-state index in [1.54, 1.807) is 7.05 Å². The molecule has 1 amide bonds. The molecular formula is C54H45N6O7PS2. The molecule has 0 saturated carbocycles. The van der Waals surface area contributed by atoms with Gasteiger partial charge in [-0.1, -0.05) is 182 Å². The number of nitro groups is 1. The van der Waals surface area contributed by atoms with Crippen LogP contribution in [0.1, 0.15) is 41.1 Å². The van der Waals surface area contributed by atoms with Crippen LogP contribution in [0, 0.1) is 16.0 Å². The van der Waals surface area contributed by atoms with E-state index < -0.39 is 50.6 Å². The summed E-state index contributed by atoms with van der Waals surface area (Å²) in [6, 6.07) is 63.9. The minimum atomic E-state index is -3.59. The van der Waals surface area contributed by atoms with E-state index in [4.69, 9.17) is 22.1 Å². The fourth-order valence-electron chi connectivity index (χ4n) is 9.14. The zero-order valence-corrected chi connectivity index (χ0v) is 40.4. The van der Waals surface area contributed by atoms with Gasteiger partial charge in [-0.2, -0.15) is 0 Å². The van der Waals surface area contributed by atoms with Crippen LogP contribution in [0.2, 0.25) is 0 Å². The minimum Gasteiger partial charge on any atom is -0.456 e. The number of hydrogen-bond acceptors (Lipinski definition) is 12. The monoisotopic (exact) mass is 984 g/mol. The lowest BCUT2D eigenvalue weighted by molar-refractivity contribution is -0.384. The average Bonchev–Trinajstić information content (AvgIpc) is 3.84. The van der Waals surface area contributed by atoms with Crippen molar-refractivity contribution in [3.63, 3.8) is 0 Å². The Balaban J connectivity index is 1.41. The summed E-state index contributed by atoms with van der Waals surface area (Å²) in [6.07, 6.45) is -1.42. The maximum Gasteiger partial charge on any atom is 0.356 e. The fraction of sp³-hybridized carbons (Fsp3) is 0.130. The number of amides is 1. The Morgan fingerprint density at radius 2 is 1.16 bits per heavy atom. The van der Waals surface area contributed by atoms with Gasteiger partial charge in [0, 0.05) is 33.0 Å². The van der Waals surface area contributed by atoms with Crippen LogP contribution in [-0.2, 0) is 42.3 Å². The van der Waals surface area contributed by atoms with Gasteiger partial charge in [-0.3, -0.25) is 24.6 Å². The number of thioether (sulfide) groups is 1. The van der Waals surface area contributed by atoms with Crippen LogP contribution in [-0.4, -0.2) is 57.5 Å². The Hall–Kier alpha value is -7.58. The molecule has 0 bridgehead atoms. The van der Waals surface area contributed by atoms with Crippen LogP contribution in [0.4, 0.5) is 5.69 Å². The molecule has 0 radical (unpaired) electrons. The summed E-state index contributed by atoms with van der Waals surface area (Å²) in [5.74, 6) is -3.44. The van der Waals surface area contributed by atoms with Gasteiger partial charge in [0.25, 0.3) is 5.69 Å². The topological polar surface area (TPSA) is 160 Å². The Labute approximate surface area is 414 Å². The van der Waals surface area contributed by atoms with E-state index in [1.807, 2.05) is 182 Å². The maximum absolute atomic E-state index is 16.3. The number of nitro benzene ring substituents is 1. The Bertz CT molecular complexity index is 3010. The number of aryl methyl sites for hydroxylation is 1. The van der Waals surface area contributed by atoms with Gasteiger partial charge in [0.1, 0.15) is 17.9 Å². The zero-order chi connectivity index (χ0) is 48.9. The number of benzene rings is 7. The molecule has 1 aromatic heterocycles. The van der Waals surface area contributed by atoms with Crippen LogP contribution in [0.3, 0.4) is 0 Å². The average molecular weight is 985 g/mol. The summed E-state index contributed by atoms with van der Waals surface area (Å²) < 4.78 is 10.9. The van der Waals surface area contributed by atoms with Crippen molar-refractivity contribution in [2.24, 2.45) is 13.0 Å². The first-order valence-electron chi connectivity index (χ1n) is 22.2. The van der Waals surface area contributed by atoms with Crippen molar-refractivity contribution >= 4 is 76.1 Å². The van der Waals surface area contributed by atoms with E-state index in [-0.39, 0.29) is 23.5 Å². The third-order valence-corrected chi connectivity index (χ3v) is 19.0. The van der Waals surface area contributed by atoms with Crippen LogP contribution in [0.15, 0.2) is 206 Å². The van der Waals surface area contributed by atoms with Crippen molar-refractivity contribution in [2.75, 3.05) is 0 Å². The Kier molecular flexibility index (Phi) is 13.7. The number of hydrogen-bond donors (Lipinski definition) is 1. The third kappa shape index (κ3) is 8.61. The summed E-state index contributed by atoms with van der Waals surface area (Å²) in [5.41, 5.74) is 2.81. The molecule has 16 heteroatoms. The highest BCUT2D eigenvalue weighted by Crippen LogP contribution is 2.65. The van der Waals surface area contributed by atoms with Gasteiger partial charge >= 0.3 is 11.9 Å². The first kappa shape index (κ1) is 47.5. The summed E-state index contributed by atoms with van der Waals surface area (Å²) in [6.45, 7) is -2.65. The number of aromatic nitrogens is 4. The van der Waals surface area contributed by atoms with Crippen molar-refractivity contribution in [1.29, 1.82) is 0 Å². The lowest BCUT2D eigenvalue weighted by Crippen LogP contribution is -2.72. The highest BCUT2D eigenvalue weighted by molar-refractivity contribution is 8.12. The van der Waals surface area contributed by atoms with Gasteiger partial charge in [-0.05, 0) is 60.7 Å². The summed E-state index contributed by atoms with van der Waals surface area (Å²) in [7, 11) is 1.59. The molecule has 1 aliphatic rings. The Morgan fingerprint density at radius 3 is 1.54 bits per heavy atom. The normalized spacial score (nSPS) is 16.1. The molecule has 70 heavy (non-hydrogen) atoms. The van der Waals surface area contributed by atoms with Crippen molar-refractivity contribution in [3.8, 4) is 0 Å². The highest BCUT2D eigenvalue weighted by atomic mass is 32.2. The predicted octanol–water partition coefficient (Wildman–Crippen LogP) is 8.36. The maximum atomic E-state index is 16.3. The van der Waals surface area contributed by atoms with Crippen LogP contribution in [0.5, 0.6) is 0 Å². The van der Waals surface area contributed by atoms with Gasteiger partial charge in [0.05, 0.1) is 9.67 Å². The van der Waals surface area contributed by atoms with E-state index in [9.17, 15) is 14.9 Å². The molecule has 350 valence electrons. The number of tetrazole rings is 1. The molecule has 1 fully saturated rings. The number of esters is 2. The number of carbonyl (C=O) groups is 3. The molecular weight excluding hydrogens is 940 g/mol. The van der Waals surface area contributed by atoms with E-state index in [2.05, 4.69) is 15.5 Å². The summed E-state index contributed by atoms with van der Waals surface area (Å²) >= 11 is 7.10. The lowest BCUT2D eigenvalue weighted by Gasteiger charge is -2.59. The van der Waals surface area contributed by atoms with E-state index in [0.717, 1.165) is 32.6 Å². The van der Waals surface area contributed by atoms with Crippen molar-refractivity contribution in [3.05, 3.63) is 244 Å². The van der Waals surface area contributed by atoms with Gasteiger partial charge in [-0.25, -0.2) is 9.48 Å². The molecule has 1 aliphatic heterocycles. The van der Waals surface area contributed by atoms with Crippen LogP contribution < -0.4 is 15.9 Å². The van der Waals surface area contributed by atoms with Crippen LogP contribution in [0.25, 0.3) is 0 Å². The number of carbonyl (C=O) groups excluding carboxylic acids is 3. The first-order valence-corrected chi connectivity index (χ1v) is 25.2. The first-order chi connectivity index (χ1) is 34.0. The number of thiol groups is 1. The second kappa shape index (κ2) is 20.2. The quantitative estimate of drug-likeness (QED) is 0.0145. The number of likely N-dealkylation sites (tertiary alicyclic amines) is 1. The molecule has 3 atom stereocenters. The smallest absolute Gasteiger partial charge is 0.356 e. The SMILES string of the molecule is CC(=O)OC(c1nnnn1C)C1C(=O)N(C(C(=O)OCc2ccc([N+](=O)[O-])cc2)=P(c2ccccc2)(c2ccccc2)c2ccccc2)C1(S)SC(c1ccccc1)(c1ccccc1)c1ccccc1. The molecule has 1 saturated heterocycles. The molecule has 3 unspecified atom stereocenters. The summed E-state index contributed by atoms with van der Waals surface area (Å²) in [5, 5.41) is 26.1. The predicted molar refractivity (Wildman–Crippen MR) is 275 cm³/mol. The van der Waals surface area contributed by atoms with Gasteiger partial charge in [0.15, 0.2) is 16.1 Å². The molecule has 9 rings (SSSR count). The van der Waals surface area contributed by atoms with E-state index in [0.29, 0.717) is 5.56 Å². The number of ether oxygens (including phenoxy) is 2.